The predicted octanol–water partition coefficient (Wildman–Crippen LogP) is 2.33. The van der Waals surface area contributed by atoms with Crippen LogP contribution in [0.4, 0.5) is 11.4 Å². The van der Waals surface area contributed by atoms with Crippen LogP contribution in [0.1, 0.15) is 15.9 Å². The zero-order valence-electron chi connectivity index (χ0n) is 11.3. The van der Waals surface area contributed by atoms with Crippen LogP contribution in [0.5, 0.6) is 5.75 Å². The number of carbonyl (C=O) groups is 1. The fourth-order valence-corrected chi connectivity index (χ4v) is 2.35. The first-order valence-corrected chi connectivity index (χ1v) is 6.53. The monoisotopic (exact) mass is 268 g/mol. The van der Waals surface area contributed by atoms with Crippen LogP contribution in [-0.4, -0.2) is 26.0 Å². The first-order chi connectivity index (χ1) is 9.65. The van der Waals surface area contributed by atoms with Gasteiger partial charge in [-0.05, 0) is 30.3 Å². The van der Waals surface area contributed by atoms with E-state index in [0.29, 0.717) is 23.4 Å². The van der Waals surface area contributed by atoms with Crippen LogP contribution in [0, 0.1) is 0 Å². The first-order valence-electron chi connectivity index (χ1n) is 6.53. The predicted molar refractivity (Wildman–Crippen MR) is 79.5 cm³/mol. The lowest BCUT2D eigenvalue weighted by Crippen LogP contribution is -2.28. The highest BCUT2D eigenvalue weighted by Gasteiger charge is 2.17. The SMILES string of the molecule is CN1CCOc2cc(C(=O)c3cccc(N)c3)ccc21. The van der Waals surface area contributed by atoms with Crippen molar-refractivity contribution in [2.75, 3.05) is 30.8 Å². The van der Waals surface area contributed by atoms with Gasteiger partial charge >= 0.3 is 0 Å². The van der Waals surface area contributed by atoms with E-state index in [1.54, 1.807) is 30.3 Å². The molecular formula is C16H16N2O2. The van der Waals surface area contributed by atoms with Crippen LogP contribution in [0.3, 0.4) is 0 Å². The summed E-state index contributed by atoms with van der Waals surface area (Å²) in [6, 6.07) is 12.6. The average Bonchev–Trinajstić information content (AvgIpc) is 2.46. The maximum absolute atomic E-state index is 12.4. The minimum atomic E-state index is -0.0445. The van der Waals surface area contributed by atoms with Crippen molar-refractivity contribution < 1.29 is 9.53 Å². The Balaban J connectivity index is 1.97. The molecule has 4 nitrogen and oxygen atoms in total. The lowest BCUT2D eigenvalue weighted by molar-refractivity contribution is 0.103. The fraction of sp³-hybridized carbons (Fsp3) is 0.188. The summed E-state index contributed by atoms with van der Waals surface area (Å²) in [7, 11) is 2.01. The highest BCUT2D eigenvalue weighted by atomic mass is 16.5. The number of hydrogen-bond donors (Lipinski definition) is 1. The minimum absolute atomic E-state index is 0.0445. The number of anilines is 2. The average molecular weight is 268 g/mol. The second-order valence-electron chi connectivity index (χ2n) is 4.91. The third kappa shape index (κ3) is 2.20. The molecule has 0 amide bonds. The molecule has 0 saturated heterocycles. The van der Waals surface area contributed by atoms with Gasteiger partial charge in [-0.1, -0.05) is 12.1 Å². The number of benzene rings is 2. The van der Waals surface area contributed by atoms with E-state index in [9.17, 15) is 4.79 Å². The molecule has 1 heterocycles. The number of carbonyl (C=O) groups excluding carboxylic acids is 1. The van der Waals surface area contributed by atoms with Crippen molar-refractivity contribution in [1.29, 1.82) is 0 Å². The van der Waals surface area contributed by atoms with Crippen LogP contribution in [0.2, 0.25) is 0 Å². The van der Waals surface area contributed by atoms with Gasteiger partial charge in [0.05, 0.1) is 12.2 Å². The minimum Gasteiger partial charge on any atom is -0.490 e. The van der Waals surface area contributed by atoms with E-state index in [0.717, 1.165) is 18.0 Å². The molecule has 0 atom stereocenters. The molecule has 0 saturated carbocycles. The molecule has 0 fully saturated rings. The molecule has 0 bridgehead atoms. The Bertz CT molecular complexity index is 667. The number of nitrogen functional groups attached to an aromatic ring is 1. The van der Waals surface area contributed by atoms with Crippen LogP contribution in [0.25, 0.3) is 0 Å². The van der Waals surface area contributed by atoms with Crippen molar-refractivity contribution in [3.63, 3.8) is 0 Å². The largest absolute Gasteiger partial charge is 0.490 e. The molecule has 4 heteroatoms. The molecule has 2 N–H and O–H groups in total. The lowest BCUT2D eigenvalue weighted by Gasteiger charge is -2.27. The van der Waals surface area contributed by atoms with Crippen molar-refractivity contribution in [2.45, 2.75) is 0 Å². The molecule has 0 spiro atoms. The summed E-state index contributed by atoms with van der Waals surface area (Å²) in [5.74, 6) is 0.713. The highest BCUT2D eigenvalue weighted by molar-refractivity contribution is 6.09. The fourth-order valence-electron chi connectivity index (χ4n) is 2.35. The van der Waals surface area contributed by atoms with E-state index in [4.69, 9.17) is 10.5 Å². The summed E-state index contributed by atoms with van der Waals surface area (Å²) in [6.07, 6.45) is 0. The Morgan fingerprint density at radius 3 is 2.80 bits per heavy atom. The van der Waals surface area contributed by atoms with E-state index in [1.165, 1.54) is 0 Å². The van der Waals surface area contributed by atoms with Crippen LogP contribution >= 0.6 is 0 Å². The second-order valence-corrected chi connectivity index (χ2v) is 4.91. The maximum Gasteiger partial charge on any atom is 0.193 e. The van der Waals surface area contributed by atoms with E-state index >= 15 is 0 Å². The van der Waals surface area contributed by atoms with Crippen molar-refractivity contribution in [3.8, 4) is 5.75 Å². The summed E-state index contributed by atoms with van der Waals surface area (Å²) >= 11 is 0. The van der Waals surface area contributed by atoms with Gasteiger partial charge < -0.3 is 15.4 Å². The zero-order chi connectivity index (χ0) is 14.1. The van der Waals surface area contributed by atoms with E-state index in [1.807, 2.05) is 19.2 Å². The molecule has 1 aliphatic heterocycles. The molecule has 20 heavy (non-hydrogen) atoms. The summed E-state index contributed by atoms with van der Waals surface area (Å²) in [5, 5.41) is 0. The molecule has 2 aromatic rings. The Kier molecular flexibility index (Phi) is 3.06. The molecule has 3 rings (SSSR count). The van der Waals surface area contributed by atoms with Gasteiger partial charge in [0.1, 0.15) is 12.4 Å². The molecule has 0 unspecified atom stereocenters. The summed E-state index contributed by atoms with van der Waals surface area (Å²) in [4.78, 5) is 14.6. The van der Waals surface area contributed by atoms with Gasteiger partial charge in [0.2, 0.25) is 0 Å². The lowest BCUT2D eigenvalue weighted by atomic mass is 10.0. The molecule has 0 radical (unpaired) electrons. The molecule has 2 aromatic carbocycles. The number of likely N-dealkylation sites (N-methyl/N-ethyl adjacent to an activating group) is 1. The van der Waals surface area contributed by atoms with Gasteiger partial charge in [0.15, 0.2) is 5.78 Å². The first kappa shape index (κ1) is 12.5. The van der Waals surface area contributed by atoms with Gasteiger partial charge in [-0.3, -0.25) is 4.79 Å². The number of rotatable bonds is 2. The van der Waals surface area contributed by atoms with Crippen LogP contribution in [-0.2, 0) is 0 Å². The van der Waals surface area contributed by atoms with Gasteiger partial charge in [-0.25, -0.2) is 0 Å². The maximum atomic E-state index is 12.4. The number of fused-ring (bicyclic) bond motifs is 1. The highest BCUT2D eigenvalue weighted by Crippen LogP contribution is 2.32. The number of ether oxygens (including phenoxy) is 1. The van der Waals surface area contributed by atoms with Crippen molar-refractivity contribution in [2.24, 2.45) is 0 Å². The van der Waals surface area contributed by atoms with Crippen molar-refractivity contribution >= 4 is 17.2 Å². The Morgan fingerprint density at radius 2 is 2.00 bits per heavy atom. The van der Waals surface area contributed by atoms with E-state index in [2.05, 4.69) is 4.90 Å². The molecule has 0 aromatic heterocycles. The molecule has 1 aliphatic rings. The molecular weight excluding hydrogens is 252 g/mol. The normalized spacial score (nSPS) is 13.6. The van der Waals surface area contributed by atoms with E-state index in [-0.39, 0.29) is 5.78 Å². The third-order valence-corrected chi connectivity index (χ3v) is 3.47. The van der Waals surface area contributed by atoms with Gasteiger partial charge in [-0.15, -0.1) is 0 Å². The van der Waals surface area contributed by atoms with Gasteiger partial charge in [0.25, 0.3) is 0 Å². The summed E-state index contributed by atoms with van der Waals surface area (Å²) < 4.78 is 5.63. The zero-order valence-corrected chi connectivity index (χ0v) is 11.3. The number of ketones is 1. The van der Waals surface area contributed by atoms with Gasteiger partial charge in [0, 0.05) is 23.9 Å². The molecule has 102 valence electrons. The van der Waals surface area contributed by atoms with Crippen LogP contribution < -0.4 is 15.4 Å². The smallest absolute Gasteiger partial charge is 0.193 e. The number of nitrogens with zero attached hydrogens (tertiary/aromatic N) is 1. The Morgan fingerprint density at radius 1 is 1.20 bits per heavy atom. The topological polar surface area (TPSA) is 55.6 Å². The standard InChI is InChI=1S/C16H16N2O2/c1-18-7-8-20-15-10-12(5-6-14(15)18)16(19)11-3-2-4-13(17)9-11/h2-6,9-10H,7-8,17H2,1H3. The molecule has 0 aliphatic carbocycles. The number of nitrogens with two attached hydrogens (primary N) is 1. The third-order valence-electron chi connectivity index (χ3n) is 3.47. The van der Waals surface area contributed by atoms with Gasteiger partial charge in [-0.2, -0.15) is 0 Å². The Labute approximate surface area is 117 Å². The summed E-state index contributed by atoms with van der Waals surface area (Å²) in [6.45, 7) is 1.49. The quantitative estimate of drug-likeness (QED) is 0.671. The van der Waals surface area contributed by atoms with Crippen molar-refractivity contribution in [1.82, 2.24) is 0 Å². The Hall–Kier alpha value is -2.49. The number of hydrogen-bond acceptors (Lipinski definition) is 4. The van der Waals surface area contributed by atoms with E-state index < -0.39 is 0 Å². The second kappa shape index (κ2) is 4.89. The van der Waals surface area contributed by atoms with Crippen molar-refractivity contribution in [3.05, 3.63) is 53.6 Å². The summed E-state index contributed by atoms with van der Waals surface area (Å²) in [5.41, 5.74) is 8.53. The van der Waals surface area contributed by atoms with Crippen LogP contribution in [0.15, 0.2) is 42.5 Å².